The monoisotopic (exact) mass is 257 g/mol. The van der Waals surface area contributed by atoms with Gasteiger partial charge in [0.25, 0.3) is 0 Å². The summed E-state index contributed by atoms with van der Waals surface area (Å²) in [5.41, 5.74) is 1.67. The third-order valence-corrected chi connectivity index (χ3v) is 2.92. The van der Waals surface area contributed by atoms with Crippen molar-refractivity contribution in [3.05, 3.63) is 36.0 Å². The van der Waals surface area contributed by atoms with E-state index in [-0.39, 0.29) is 19.1 Å². The van der Waals surface area contributed by atoms with E-state index < -0.39 is 0 Å². The van der Waals surface area contributed by atoms with Crippen LogP contribution in [0, 0.1) is 11.3 Å². The Bertz CT molecular complexity index is 625. The van der Waals surface area contributed by atoms with Crippen molar-refractivity contribution in [2.75, 3.05) is 6.54 Å². The van der Waals surface area contributed by atoms with Crippen LogP contribution >= 0.6 is 0 Å². The number of carbonyl (C=O) groups is 1. The van der Waals surface area contributed by atoms with Crippen molar-refractivity contribution in [2.24, 2.45) is 0 Å². The van der Waals surface area contributed by atoms with Crippen LogP contribution in [0.25, 0.3) is 10.9 Å². The Balaban J connectivity index is 2.17. The maximum absolute atomic E-state index is 11.7. The Morgan fingerprint density at radius 3 is 3.00 bits per heavy atom. The number of nitrogens with zero attached hydrogens (tertiary/aromatic N) is 2. The van der Waals surface area contributed by atoms with Crippen LogP contribution < -0.4 is 5.32 Å². The number of carbonyl (C=O) groups excluding carboxylic acids is 1. The lowest BCUT2D eigenvalue weighted by Gasteiger charge is -2.08. The molecule has 1 aromatic carbocycles. The topological polar surface area (TPSA) is 78.0 Å². The lowest BCUT2D eigenvalue weighted by atomic mass is 10.1. The predicted octanol–water partition coefficient (Wildman–Crippen LogP) is 1.16. The van der Waals surface area contributed by atoms with Crippen LogP contribution in [-0.4, -0.2) is 22.1 Å². The van der Waals surface area contributed by atoms with Crippen LogP contribution in [0.15, 0.2) is 30.5 Å². The largest absolute Gasteiger partial charge is 0.392 e. The highest BCUT2D eigenvalue weighted by atomic mass is 16.3. The van der Waals surface area contributed by atoms with Crippen LogP contribution in [-0.2, 0) is 17.9 Å². The molecule has 2 N–H and O–H groups in total. The molecular formula is C14H15N3O2. The number of nitriles is 1. The van der Waals surface area contributed by atoms with E-state index in [9.17, 15) is 9.90 Å². The summed E-state index contributed by atoms with van der Waals surface area (Å²) in [6.45, 7) is 0.491. The van der Waals surface area contributed by atoms with Crippen LogP contribution in [0.4, 0.5) is 0 Å². The Hall–Kier alpha value is -2.32. The number of fused-ring (bicyclic) bond motifs is 1. The summed E-state index contributed by atoms with van der Waals surface area (Å²) in [6, 6.07) is 9.55. The molecule has 0 bridgehead atoms. The molecule has 0 saturated carbocycles. The second-order valence-corrected chi connectivity index (χ2v) is 4.21. The molecule has 0 radical (unpaired) electrons. The van der Waals surface area contributed by atoms with Crippen molar-refractivity contribution in [1.82, 2.24) is 9.88 Å². The van der Waals surface area contributed by atoms with Gasteiger partial charge < -0.3 is 15.0 Å². The van der Waals surface area contributed by atoms with E-state index in [1.54, 1.807) is 0 Å². The second kappa shape index (κ2) is 6.03. The van der Waals surface area contributed by atoms with Gasteiger partial charge in [-0.2, -0.15) is 5.26 Å². The van der Waals surface area contributed by atoms with Gasteiger partial charge in [0, 0.05) is 18.3 Å². The van der Waals surface area contributed by atoms with Crippen LogP contribution in [0.1, 0.15) is 12.0 Å². The Morgan fingerprint density at radius 1 is 1.42 bits per heavy atom. The number of aliphatic hydroxyl groups is 1. The summed E-state index contributed by atoms with van der Waals surface area (Å²) >= 11 is 0. The number of para-hydroxylation sites is 1. The van der Waals surface area contributed by atoms with Crippen molar-refractivity contribution in [1.29, 1.82) is 5.26 Å². The fourth-order valence-electron chi connectivity index (χ4n) is 2.07. The number of hydrogen-bond acceptors (Lipinski definition) is 3. The highest BCUT2D eigenvalue weighted by Gasteiger charge is 2.08. The highest BCUT2D eigenvalue weighted by Crippen LogP contribution is 2.20. The van der Waals surface area contributed by atoms with Gasteiger partial charge in [-0.15, -0.1) is 0 Å². The molecule has 0 saturated heterocycles. The maximum Gasteiger partial charge on any atom is 0.239 e. The SMILES string of the molecule is N#CCCNC(=O)Cn1ccc2cccc(CO)c21. The number of amides is 1. The van der Waals surface area contributed by atoms with Crippen molar-refractivity contribution in [3.8, 4) is 6.07 Å². The summed E-state index contributed by atoms with van der Waals surface area (Å²) in [6.07, 6.45) is 2.13. The molecule has 2 rings (SSSR count). The molecule has 19 heavy (non-hydrogen) atoms. The van der Waals surface area contributed by atoms with Crippen LogP contribution in [0.3, 0.4) is 0 Å². The average Bonchev–Trinajstić information content (AvgIpc) is 2.82. The van der Waals surface area contributed by atoms with E-state index in [4.69, 9.17) is 5.26 Å². The molecule has 0 unspecified atom stereocenters. The van der Waals surface area contributed by atoms with Crippen molar-refractivity contribution in [2.45, 2.75) is 19.6 Å². The maximum atomic E-state index is 11.7. The van der Waals surface area contributed by atoms with Gasteiger partial charge in [-0.3, -0.25) is 4.79 Å². The first-order valence-corrected chi connectivity index (χ1v) is 6.07. The summed E-state index contributed by atoms with van der Waals surface area (Å²) < 4.78 is 1.81. The molecule has 2 aromatic rings. The van der Waals surface area contributed by atoms with Crippen LogP contribution in [0.5, 0.6) is 0 Å². The number of rotatable bonds is 5. The van der Waals surface area contributed by atoms with E-state index in [0.29, 0.717) is 13.0 Å². The minimum atomic E-state index is -0.138. The van der Waals surface area contributed by atoms with E-state index >= 15 is 0 Å². The Labute approximate surface area is 111 Å². The van der Waals surface area contributed by atoms with Crippen molar-refractivity contribution < 1.29 is 9.90 Å². The lowest BCUT2D eigenvalue weighted by molar-refractivity contribution is -0.121. The molecule has 1 heterocycles. The van der Waals surface area contributed by atoms with Crippen LogP contribution in [0.2, 0.25) is 0 Å². The smallest absolute Gasteiger partial charge is 0.239 e. The molecule has 0 aliphatic carbocycles. The number of aromatic nitrogens is 1. The predicted molar refractivity (Wildman–Crippen MR) is 71.1 cm³/mol. The molecule has 0 spiro atoms. The van der Waals surface area contributed by atoms with E-state index in [1.807, 2.05) is 41.1 Å². The minimum Gasteiger partial charge on any atom is -0.392 e. The van der Waals surface area contributed by atoms with Gasteiger partial charge in [0.05, 0.1) is 24.6 Å². The molecule has 0 fully saturated rings. The molecule has 0 aliphatic heterocycles. The van der Waals surface area contributed by atoms with Gasteiger partial charge in [-0.1, -0.05) is 18.2 Å². The highest BCUT2D eigenvalue weighted by molar-refractivity contribution is 5.85. The quantitative estimate of drug-likeness (QED) is 0.789. The van der Waals surface area contributed by atoms with Gasteiger partial charge in [0.2, 0.25) is 5.91 Å². The fourth-order valence-corrected chi connectivity index (χ4v) is 2.07. The number of hydrogen-bond donors (Lipinski definition) is 2. The van der Waals surface area contributed by atoms with Gasteiger partial charge in [0.15, 0.2) is 0 Å². The van der Waals surface area contributed by atoms with Crippen molar-refractivity contribution in [3.63, 3.8) is 0 Å². The standard InChI is InChI=1S/C14H15N3O2/c15-6-2-7-16-13(19)9-17-8-5-11-3-1-4-12(10-18)14(11)17/h1,3-5,8,18H,2,7,9-10H2,(H,16,19). The fraction of sp³-hybridized carbons (Fsp3) is 0.286. The first kappa shape index (κ1) is 13.1. The number of nitrogens with one attached hydrogen (secondary N) is 1. The molecule has 0 atom stereocenters. The van der Waals surface area contributed by atoms with Crippen molar-refractivity contribution >= 4 is 16.8 Å². The van der Waals surface area contributed by atoms with E-state index in [0.717, 1.165) is 16.5 Å². The zero-order chi connectivity index (χ0) is 13.7. The molecule has 5 heteroatoms. The third kappa shape index (κ3) is 2.92. The molecule has 1 amide bonds. The molecule has 0 aliphatic rings. The average molecular weight is 257 g/mol. The third-order valence-electron chi connectivity index (χ3n) is 2.92. The number of benzene rings is 1. The lowest BCUT2D eigenvalue weighted by Crippen LogP contribution is -2.28. The summed E-state index contributed by atoms with van der Waals surface area (Å²) in [5, 5.41) is 21.4. The summed E-state index contributed by atoms with van der Waals surface area (Å²) in [7, 11) is 0. The Kier molecular flexibility index (Phi) is 4.16. The zero-order valence-corrected chi connectivity index (χ0v) is 10.5. The first-order chi connectivity index (χ1) is 9.26. The van der Waals surface area contributed by atoms with Gasteiger partial charge in [0.1, 0.15) is 6.54 Å². The summed E-state index contributed by atoms with van der Waals surface area (Å²) in [4.78, 5) is 11.7. The summed E-state index contributed by atoms with van der Waals surface area (Å²) in [5.74, 6) is -0.138. The zero-order valence-electron chi connectivity index (χ0n) is 10.5. The molecule has 98 valence electrons. The normalized spacial score (nSPS) is 10.3. The van der Waals surface area contributed by atoms with Gasteiger partial charge >= 0.3 is 0 Å². The molecular weight excluding hydrogens is 242 g/mol. The van der Waals surface area contributed by atoms with Gasteiger partial charge in [-0.25, -0.2) is 0 Å². The van der Waals surface area contributed by atoms with E-state index in [1.165, 1.54) is 0 Å². The second-order valence-electron chi connectivity index (χ2n) is 4.21. The van der Waals surface area contributed by atoms with Gasteiger partial charge in [-0.05, 0) is 11.5 Å². The number of aliphatic hydroxyl groups excluding tert-OH is 1. The molecule has 1 aromatic heterocycles. The minimum absolute atomic E-state index is 0.0581. The van der Waals surface area contributed by atoms with E-state index in [2.05, 4.69) is 5.32 Å². The Morgan fingerprint density at radius 2 is 2.26 bits per heavy atom. The first-order valence-electron chi connectivity index (χ1n) is 6.07. The molecule has 5 nitrogen and oxygen atoms in total.